The van der Waals surface area contributed by atoms with Crippen LogP contribution in [0.25, 0.3) is 11.3 Å². The molecule has 0 amide bonds. The van der Waals surface area contributed by atoms with Gasteiger partial charge in [-0.2, -0.15) is 0 Å². The lowest BCUT2D eigenvalue weighted by atomic mass is 10.1. The highest BCUT2D eigenvalue weighted by atomic mass is 32.2. The van der Waals surface area contributed by atoms with E-state index in [1.54, 1.807) is 18.2 Å². The van der Waals surface area contributed by atoms with Gasteiger partial charge in [0, 0.05) is 10.9 Å². The van der Waals surface area contributed by atoms with Crippen LogP contribution in [0.15, 0.2) is 58.8 Å². The number of aryl methyl sites for hydroxylation is 2. The molecule has 25 heavy (non-hydrogen) atoms. The average molecular weight is 375 g/mol. The number of thiazole rings is 1. The van der Waals surface area contributed by atoms with Crippen LogP contribution in [0.2, 0.25) is 0 Å². The zero-order chi connectivity index (χ0) is 18.4. The molecule has 1 heterocycles. The number of rotatable bonds is 4. The van der Waals surface area contributed by atoms with Crippen LogP contribution in [0, 0.1) is 13.8 Å². The van der Waals surface area contributed by atoms with Crippen LogP contribution in [0.4, 0.5) is 5.13 Å². The molecule has 6 heteroatoms. The summed E-state index contributed by atoms with van der Waals surface area (Å²) in [4.78, 5) is 4.61. The molecule has 4 nitrogen and oxygen atoms in total. The second kappa shape index (κ2) is 8.27. The average Bonchev–Trinajstić information content (AvgIpc) is 3.07. The maximum absolute atomic E-state index is 12.5. The first-order valence-corrected chi connectivity index (χ1v) is 10.4. The van der Waals surface area contributed by atoms with Crippen LogP contribution in [0.5, 0.6) is 0 Å². The highest BCUT2D eigenvalue weighted by Crippen LogP contribution is 2.26. The number of benzene rings is 2. The van der Waals surface area contributed by atoms with E-state index in [4.69, 9.17) is 0 Å². The molecule has 0 aliphatic rings. The maximum Gasteiger partial charge on any atom is 0.263 e. The fourth-order valence-corrected chi connectivity index (χ4v) is 4.17. The first kappa shape index (κ1) is 19.1. The highest BCUT2D eigenvalue weighted by molar-refractivity contribution is 7.93. The summed E-state index contributed by atoms with van der Waals surface area (Å²) >= 11 is 1.27. The van der Waals surface area contributed by atoms with Crippen LogP contribution < -0.4 is 4.72 Å². The van der Waals surface area contributed by atoms with Gasteiger partial charge >= 0.3 is 0 Å². The molecule has 0 spiro atoms. The summed E-state index contributed by atoms with van der Waals surface area (Å²) in [5.41, 5.74) is 3.72. The topological polar surface area (TPSA) is 59.1 Å². The third-order valence-corrected chi connectivity index (χ3v) is 5.81. The Morgan fingerprint density at radius 2 is 1.64 bits per heavy atom. The Morgan fingerprint density at radius 1 is 0.960 bits per heavy atom. The van der Waals surface area contributed by atoms with E-state index in [2.05, 4.69) is 9.71 Å². The molecule has 0 fully saturated rings. The number of aromatic nitrogens is 1. The molecule has 3 aromatic rings. The summed E-state index contributed by atoms with van der Waals surface area (Å²) in [7, 11) is -3.62. The van der Waals surface area contributed by atoms with Gasteiger partial charge in [-0.25, -0.2) is 13.4 Å². The second-order valence-electron chi connectivity index (χ2n) is 5.26. The molecule has 0 aliphatic heterocycles. The van der Waals surface area contributed by atoms with E-state index in [1.807, 2.05) is 63.4 Å². The Bertz CT molecular complexity index is 933. The van der Waals surface area contributed by atoms with Gasteiger partial charge in [0.15, 0.2) is 5.13 Å². The van der Waals surface area contributed by atoms with Gasteiger partial charge in [-0.15, -0.1) is 11.3 Å². The van der Waals surface area contributed by atoms with Gasteiger partial charge in [0.05, 0.1) is 10.6 Å². The second-order valence-corrected chi connectivity index (χ2v) is 7.80. The SMILES string of the molecule is CC.Cc1ccc(S(=O)(=O)Nc2nc(-c3ccccc3)cs2)cc1C. The van der Waals surface area contributed by atoms with Crippen LogP contribution >= 0.6 is 11.3 Å². The monoisotopic (exact) mass is 374 g/mol. The summed E-state index contributed by atoms with van der Waals surface area (Å²) in [6.45, 7) is 7.84. The van der Waals surface area contributed by atoms with Crippen molar-refractivity contribution in [2.75, 3.05) is 4.72 Å². The fraction of sp³-hybridized carbons (Fsp3) is 0.211. The first-order chi connectivity index (χ1) is 12.0. The maximum atomic E-state index is 12.5. The zero-order valence-corrected chi connectivity index (χ0v) is 16.4. The summed E-state index contributed by atoms with van der Waals surface area (Å²) in [5, 5.41) is 2.20. The normalized spacial score (nSPS) is 10.7. The fourth-order valence-electron chi connectivity index (χ4n) is 2.12. The van der Waals surface area contributed by atoms with Gasteiger partial charge in [0.2, 0.25) is 0 Å². The molecule has 0 saturated carbocycles. The molecule has 1 aromatic heterocycles. The van der Waals surface area contributed by atoms with Crippen molar-refractivity contribution in [2.24, 2.45) is 0 Å². The van der Waals surface area contributed by atoms with Crippen LogP contribution in [0.1, 0.15) is 25.0 Å². The number of anilines is 1. The Morgan fingerprint density at radius 3 is 2.28 bits per heavy atom. The summed E-state index contributed by atoms with van der Waals surface area (Å²) in [6.07, 6.45) is 0. The summed E-state index contributed by atoms with van der Waals surface area (Å²) in [6, 6.07) is 14.7. The smallest absolute Gasteiger partial charge is 0.255 e. The van der Waals surface area contributed by atoms with Crippen molar-refractivity contribution in [2.45, 2.75) is 32.6 Å². The van der Waals surface area contributed by atoms with Gasteiger partial charge in [0.25, 0.3) is 10.0 Å². The Labute approximate surface area is 153 Å². The molecule has 3 rings (SSSR count). The molecule has 0 radical (unpaired) electrons. The van der Waals surface area contributed by atoms with Gasteiger partial charge in [0.1, 0.15) is 0 Å². The first-order valence-electron chi connectivity index (χ1n) is 8.07. The number of hydrogen-bond donors (Lipinski definition) is 1. The minimum absolute atomic E-state index is 0.247. The van der Waals surface area contributed by atoms with Crippen molar-refractivity contribution in [1.82, 2.24) is 4.98 Å². The van der Waals surface area contributed by atoms with Crippen molar-refractivity contribution < 1.29 is 8.42 Å². The van der Waals surface area contributed by atoms with E-state index in [9.17, 15) is 8.42 Å². The van der Waals surface area contributed by atoms with Crippen molar-refractivity contribution in [3.8, 4) is 11.3 Å². The Kier molecular flexibility index (Phi) is 6.33. The van der Waals surface area contributed by atoms with E-state index in [0.29, 0.717) is 5.13 Å². The number of sulfonamides is 1. The van der Waals surface area contributed by atoms with Gasteiger partial charge in [-0.05, 0) is 37.1 Å². The van der Waals surface area contributed by atoms with E-state index in [-0.39, 0.29) is 4.90 Å². The van der Waals surface area contributed by atoms with Crippen molar-refractivity contribution >= 4 is 26.5 Å². The van der Waals surface area contributed by atoms with E-state index in [0.717, 1.165) is 22.4 Å². The molecule has 0 bridgehead atoms. The lowest BCUT2D eigenvalue weighted by Gasteiger charge is -2.07. The minimum Gasteiger partial charge on any atom is -0.255 e. The van der Waals surface area contributed by atoms with Gasteiger partial charge < -0.3 is 0 Å². The predicted octanol–water partition coefficient (Wildman–Crippen LogP) is 5.25. The molecule has 1 N–H and O–H groups in total. The van der Waals surface area contributed by atoms with Crippen molar-refractivity contribution in [3.63, 3.8) is 0 Å². The van der Waals surface area contributed by atoms with Crippen molar-refractivity contribution in [3.05, 3.63) is 65.0 Å². The van der Waals surface area contributed by atoms with Gasteiger partial charge in [-0.3, -0.25) is 4.72 Å². The standard InChI is InChI=1S/C17H16N2O2S2.C2H6/c1-12-8-9-15(10-13(12)2)23(20,21)19-17-18-16(11-22-17)14-6-4-3-5-7-14;1-2/h3-11H,1-2H3,(H,18,19);1-2H3. The number of nitrogens with zero attached hydrogens (tertiary/aromatic N) is 1. The minimum atomic E-state index is -3.62. The molecule has 0 saturated heterocycles. The van der Waals surface area contributed by atoms with E-state index < -0.39 is 10.0 Å². The third-order valence-electron chi connectivity index (χ3n) is 3.58. The quantitative estimate of drug-likeness (QED) is 0.678. The number of hydrogen-bond acceptors (Lipinski definition) is 4. The van der Waals surface area contributed by atoms with Gasteiger partial charge in [-0.1, -0.05) is 50.2 Å². The number of nitrogens with one attached hydrogen (secondary N) is 1. The predicted molar refractivity (Wildman–Crippen MR) is 106 cm³/mol. The highest BCUT2D eigenvalue weighted by Gasteiger charge is 2.17. The zero-order valence-electron chi connectivity index (χ0n) is 14.8. The molecule has 2 aromatic carbocycles. The van der Waals surface area contributed by atoms with Crippen LogP contribution in [0.3, 0.4) is 0 Å². The van der Waals surface area contributed by atoms with Crippen molar-refractivity contribution in [1.29, 1.82) is 0 Å². The summed E-state index contributed by atoms with van der Waals surface area (Å²) in [5.74, 6) is 0. The van der Waals surface area contributed by atoms with E-state index in [1.165, 1.54) is 11.3 Å². The molecule has 0 aliphatic carbocycles. The third kappa shape index (κ3) is 4.67. The van der Waals surface area contributed by atoms with Crippen LogP contribution in [-0.4, -0.2) is 13.4 Å². The Hall–Kier alpha value is -2.18. The Balaban J connectivity index is 0.00000109. The van der Waals surface area contributed by atoms with Crippen LogP contribution in [-0.2, 0) is 10.0 Å². The molecule has 0 unspecified atom stereocenters. The molecular weight excluding hydrogens is 352 g/mol. The lowest BCUT2D eigenvalue weighted by molar-refractivity contribution is 0.601. The summed E-state index contributed by atoms with van der Waals surface area (Å²) < 4.78 is 27.5. The lowest BCUT2D eigenvalue weighted by Crippen LogP contribution is -2.13. The largest absolute Gasteiger partial charge is 0.263 e. The molecular formula is C19H22N2O2S2. The molecule has 0 atom stereocenters. The van der Waals surface area contributed by atoms with E-state index >= 15 is 0 Å². The molecule has 132 valence electrons.